The van der Waals surface area contributed by atoms with Crippen LogP contribution in [0.2, 0.25) is 0 Å². The van der Waals surface area contributed by atoms with Crippen molar-refractivity contribution in [3.8, 4) is 0 Å². The number of para-hydroxylation sites is 2. The van der Waals surface area contributed by atoms with Gasteiger partial charge in [0.1, 0.15) is 0 Å². The van der Waals surface area contributed by atoms with Gasteiger partial charge in [0, 0.05) is 31.7 Å². The maximum absolute atomic E-state index is 12.6. The van der Waals surface area contributed by atoms with Crippen LogP contribution in [0.4, 0.5) is 11.4 Å². The zero-order valence-electron chi connectivity index (χ0n) is 17.5. The van der Waals surface area contributed by atoms with Crippen LogP contribution in [0.25, 0.3) is 0 Å². The molecule has 1 aromatic heterocycles. The quantitative estimate of drug-likeness (QED) is 0.793. The Bertz CT molecular complexity index is 807. The Balaban J connectivity index is 1.63. The fraction of sp³-hybridized carbons (Fsp3) is 0.545. The van der Waals surface area contributed by atoms with E-state index in [1.165, 1.54) is 11.3 Å². The summed E-state index contributed by atoms with van der Waals surface area (Å²) in [5, 5.41) is 7.76. The number of rotatable bonds is 7. The highest BCUT2D eigenvalue weighted by atomic mass is 16.5. The van der Waals surface area contributed by atoms with Crippen molar-refractivity contribution in [2.75, 3.05) is 36.5 Å². The molecular formula is C22H32N4O2. The minimum Gasteiger partial charge on any atom is -0.378 e. The van der Waals surface area contributed by atoms with Crippen molar-refractivity contribution < 1.29 is 9.53 Å². The number of ether oxygens (including phenoxy) is 1. The lowest BCUT2D eigenvalue weighted by Crippen LogP contribution is -2.36. The van der Waals surface area contributed by atoms with Crippen LogP contribution >= 0.6 is 0 Å². The summed E-state index contributed by atoms with van der Waals surface area (Å²) in [6, 6.07) is 8.01. The third kappa shape index (κ3) is 4.93. The van der Waals surface area contributed by atoms with E-state index in [0.29, 0.717) is 18.8 Å². The first-order valence-electron chi connectivity index (χ1n) is 10.2. The molecule has 0 unspecified atom stereocenters. The first kappa shape index (κ1) is 20.4. The van der Waals surface area contributed by atoms with E-state index in [1.54, 1.807) is 0 Å². The van der Waals surface area contributed by atoms with Crippen LogP contribution in [0, 0.1) is 19.8 Å². The van der Waals surface area contributed by atoms with Gasteiger partial charge < -0.3 is 15.0 Å². The van der Waals surface area contributed by atoms with Crippen LogP contribution in [0.5, 0.6) is 0 Å². The van der Waals surface area contributed by atoms with Gasteiger partial charge in [-0.15, -0.1) is 0 Å². The van der Waals surface area contributed by atoms with E-state index < -0.39 is 0 Å². The van der Waals surface area contributed by atoms with Gasteiger partial charge >= 0.3 is 0 Å². The topological polar surface area (TPSA) is 59.4 Å². The molecule has 1 amide bonds. The Kier molecular flexibility index (Phi) is 6.73. The highest BCUT2D eigenvalue weighted by Gasteiger charge is 2.17. The van der Waals surface area contributed by atoms with Gasteiger partial charge in [-0.05, 0) is 43.9 Å². The van der Waals surface area contributed by atoms with Crippen LogP contribution in [0.3, 0.4) is 0 Å². The van der Waals surface area contributed by atoms with Gasteiger partial charge in [-0.1, -0.05) is 26.0 Å². The van der Waals surface area contributed by atoms with Crippen molar-refractivity contribution in [3.63, 3.8) is 0 Å². The summed E-state index contributed by atoms with van der Waals surface area (Å²) >= 11 is 0. The smallest absolute Gasteiger partial charge is 0.224 e. The molecule has 2 aromatic rings. The third-order valence-corrected chi connectivity index (χ3v) is 5.20. The molecule has 152 valence electrons. The molecule has 0 atom stereocenters. The standard InChI is InChI=1S/C22H32N4O2/c1-16(2)15-26-18(4)19(17(3)24-26)9-10-22(27)23-20-7-5-6-8-21(20)25-11-13-28-14-12-25/h5-8,16H,9-15H2,1-4H3,(H,23,27). The fourth-order valence-corrected chi connectivity index (χ4v) is 3.73. The van der Waals surface area contributed by atoms with Crippen LogP contribution < -0.4 is 10.2 Å². The molecule has 0 radical (unpaired) electrons. The summed E-state index contributed by atoms with van der Waals surface area (Å²) in [6.07, 6.45) is 1.16. The maximum Gasteiger partial charge on any atom is 0.224 e. The minimum absolute atomic E-state index is 0.0381. The number of carbonyl (C=O) groups is 1. The van der Waals surface area contributed by atoms with Crippen molar-refractivity contribution in [1.29, 1.82) is 0 Å². The number of benzene rings is 1. The van der Waals surface area contributed by atoms with Crippen molar-refractivity contribution >= 4 is 17.3 Å². The predicted molar refractivity (Wildman–Crippen MR) is 113 cm³/mol. The Labute approximate surface area is 167 Å². The van der Waals surface area contributed by atoms with E-state index in [9.17, 15) is 4.79 Å². The number of hydrogen-bond acceptors (Lipinski definition) is 4. The molecule has 6 heteroatoms. The second kappa shape index (κ2) is 9.24. The minimum atomic E-state index is 0.0381. The molecule has 28 heavy (non-hydrogen) atoms. The second-order valence-corrected chi connectivity index (χ2v) is 7.89. The molecule has 1 aliphatic rings. The van der Waals surface area contributed by atoms with Crippen molar-refractivity contribution in [2.45, 2.75) is 47.1 Å². The Hall–Kier alpha value is -2.34. The molecule has 2 heterocycles. The Morgan fingerprint density at radius 3 is 2.64 bits per heavy atom. The van der Waals surface area contributed by atoms with Crippen molar-refractivity contribution in [3.05, 3.63) is 41.2 Å². The maximum atomic E-state index is 12.6. The van der Waals surface area contributed by atoms with Gasteiger partial charge in [-0.25, -0.2) is 0 Å². The molecule has 3 rings (SSSR count). The lowest BCUT2D eigenvalue weighted by atomic mass is 10.1. The monoisotopic (exact) mass is 384 g/mol. The number of nitrogens with zero attached hydrogens (tertiary/aromatic N) is 3. The van der Waals surface area contributed by atoms with Crippen LogP contribution in [-0.4, -0.2) is 42.0 Å². The number of morpholine rings is 1. The predicted octanol–water partition coefficient (Wildman–Crippen LogP) is 3.56. The molecule has 0 spiro atoms. The highest BCUT2D eigenvalue weighted by Crippen LogP contribution is 2.26. The zero-order valence-corrected chi connectivity index (χ0v) is 17.5. The van der Waals surface area contributed by atoms with Crippen LogP contribution in [-0.2, 0) is 22.5 Å². The first-order chi connectivity index (χ1) is 13.5. The number of carbonyl (C=O) groups excluding carboxylic acids is 1. The number of hydrogen-bond donors (Lipinski definition) is 1. The van der Waals surface area contributed by atoms with E-state index in [4.69, 9.17) is 4.74 Å². The number of aromatic nitrogens is 2. The average Bonchev–Trinajstić information content (AvgIpc) is 2.93. The Morgan fingerprint density at radius 1 is 1.21 bits per heavy atom. The summed E-state index contributed by atoms with van der Waals surface area (Å²) in [4.78, 5) is 14.9. The van der Waals surface area contributed by atoms with Gasteiger partial charge in [0.2, 0.25) is 5.91 Å². The van der Waals surface area contributed by atoms with E-state index in [-0.39, 0.29) is 5.91 Å². The number of amides is 1. The van der Waals surface area contributed by atoms with E-state index in [2.05, 4.69) is 46.8 Å². The largest absolute Gasteiger partial charge is 0.378 e. The van der Waals surface area contributed by atoms with Gasteiger partial charge in [-0.3, -0.25) is 9.48 Å². The number of aryl methyl sites for hydroxylation is 1. The van der Waals surface area contributed by atoms with Gasteiger partial charge in [-0.2, -0.15) is 5.10 Å². The number of anilines is 2. The van der Waals surface area contributed by atoms with E-state index >= 15 is 0 Å². The highest BCUT2D eigenvalue weighted by molar-refractivity contribution is 5.94. The second-order valence-electron chi connectivity index (χ2n) is 7.89. The first-order valence-corrected chi connectivity index (χ1v) is 10.2. The summed E-state index contributed by atoms with van der Waals surface area (Å²) in [5.74, 6) is 0.585. The average molecular weight is 385 g/mol. The summed E-state index contributed by atoms with van der Waals surface area (Å²) in [7, 11) is 0. The van der Waals surface area contributed by atoms with Crippen LogP contribution in [0.1, 0.15) is 37.2 Å². The lowest BCUT2D eigenvalue weighted by Gasteiger charge is -2.30. The van der Waals surface area contributed by atoms with Crippen molar-refractivity contribution in [2.24, 2.45) is 5.92 Å². The SMILES string of the molecule is Cc1nn(CC(C)C)c(C)c1CCC(=O)Nc1ccccc1N1CCOCC1. The van der Waals surface area contributed by atoms with Gasteiger partial charge in [0.25, 0.3) is 0 Å². The molecule has 0 saturated carbocycles. The zero-order chi connectivity index (χ0) is 20.1. The molecule has 6 nitrogen and oxygen atoms in total. The Morgan fingerprint density at radius 2 is 1.93 bits per heavy atom. The molecular weight excluding hydrogens is 352 g/mol. The molecule has 1 saturated heterocycles. The number of nitrogens with one attached hydrogen (secondary N) is 1. The summed E-state index contributed by atoms with van der Waals surface area (Å²) < 4.78 is 7.51. The normalized spacial score (nSPS) is 14.5. The summed E-state index contributed by atoms with van der Waals surface area (Å²) in [5.41, 5.74) is 5.33. The van der Waals surface area contributed by atoms with Crippen molar-refractivity contribution in [1.82, 2.24) is 9.78 Å². The van der Waals surface area contributed by atoms with E-state index in [1.807, 2.05) is 25.1 Å². The molecule has 1 fully saturated rings. The van der Waals surface area contributed by atoms with E-state index in [0.717, 1.165) is 49.9 Å². The lowest BCUT2D eigenvalue weighted by molar-refractivity contribution is -0.116. The third-order valence-electron chi connectivity index (χ3n) is 5.20. The molecule has 1 N–H and O–H groups in total. The summed E-state index contributed by atoms with van der Waals surface area (Å²) in [6.45, 7) is 12.6. The molecule has 0 aliphatic carbocycles. The fourth-order valence-electron chi connectivity index (χ4n) is 3.73. The molecule has 1 aromatic carbocycles. The molecule has 1 aliphatic heterocycles. The van der Waals surface area contributed by atoms with Gasteiger partial charge in [0.05, 0.1) is 30.3 Å². The molecule has 0 bridgehead atoms. The van der Waals surface area contributed by atoms with Crippen LogP contribution in [0.15, 0.2) is 24.3 Å². The van der Waals surface area contributed by atoms with Gasteiger partial charge in [0.15, 0.2) is 0 Å².